The van der Waals surface area contributed by atoms with Gasteiger partial charge in [-0.05, 0) is 31.0 Å². The largest absolute Gasteiger partial charge is 0.465 e. The van der Waals surface area contributed by atoms with Crippen LogP contribution in [0.2, 0.25) is 0 Å². The van der Waals surface area contributed by atoms with Crippen molar-refractivity contribution in [2.24, 2.45) is 0 Å². The second kappa shape index (κ2) is 4.81. The lowest BCUT2D eigenvalue weighted by molar-refractivity contribution is -0.143. The molecule has 0 spiro atoms. The number of hydrogen-bond donors (Lipinski definition) is 0. The highest BCUT2D eigenvalue weighted by Gasteiger charge is 2.60. The first-order valence-corrected chi connectivity index (χ1v) is 6.61. The Kier molecular flexibility index (Phi) is 3.64. The van der Waals surface area contributed by atoms with Crippen LogP contribution in [0.15, 0.2) is 24.3 Å². The molecule has 1 fully saturated rings. The van der Waals surface area contributed by atoms with Crippen LogP contribution in [0.5, 0.6) is 0 Å². The average Bonchev–Trinajstić information content (AvgIpc) is 3.03. The number of benzene rings is 1. The number of alkyl halides is 4. The van der Waals surface area contributed by atoms with Crippen LogP contribution < -0.4 is 0 Å². The average molecular weight is 337 g/mol. The number of carbonyl (C=O) groups is 1. The standard InChI is InChI=1S/C13H12BrF3O2/c1-2-19-11(18)12(14)7-10(12)8-3-5-9(6-4-8)13(15,16)17/h3-6,10H,2,7H2,1H3/t10-,12+/m1/s1. The van der Waals surface area contributed by atoms with Crippen LogP contribution in [0.25, 0.3) is 0 Å². The van der Waals surface area contributed by atoms with Gasteiger partial charge in [0.15, 0.2) is 0 Å². The van der Waals surface area contributed by atoms with E-state index in [0.717, 1.165) is 12.1 Å². The lowest BCUT2D eigenvalue weighted by atomic mass is 10.1. The molecule has 1 aromatic carbocycles. The van der Waals surface area contributed by atoms with Crippen LogP contribution >= 0.6 is 15.9 Å². The maximum absolute atomic E-state index is 12.4. The molecule has 0 radical (unpaired) electrons. The molecule has 2 atom stereocenters. The zero-order valence-electron chi connectivity index (χ0n) is 10.1. The highest BCUT2D eigenvalue weighted by Crippen LogP contribution is 2.58. The molecule has 0 aromatic heterocycles. The molecule has 0 bridgehead atoms. The van der Waals surface area contributed by atoms with E-state index in [4.69, 9.17) is 4.74 Å². The molecule has 1 aromatic rings. The summed E-state index contributed by atoms with van der Waals surface area (Å²) >= 11 is 3.32. The van der Waals surface area contributed by atoms with Crippen molar-refractivity contribution in [1.82, 2.24) is 0 Å². The summed E-state index contributed by atoms with van der Waals surface area (Å²) in [5.74, 6) is -0.492. The molecule has 0 amide bonds. The van der Waals surface area contributed by atoms with E-state index >= 15 is 0 Å². The number of hydrogen-bond acceptors (Lipinski definition) is 2. The zero-order valence-corrected chi connectivity index (χ0v) is 11.7. The number of halogens is 4. The molecule has 2 rings (SSSR count). The summed E-state index contributed by atoms with van der Waals surface area (Å²) in [6, 6.07) is 4.89. The zero-order chi connectivity index (χ0) is 14.3. The quantitative estimate of drug-likeness (QED) is 0.618. The van der Waals surface area contributed by atoms with Crippen molar-refractivity contribution < 1.29 is 22.7 Å². The van der Waals surface area contributed by atoms with Crippen molar-refractivity contribution in [1.29, 1.82) is 0 Å². The van der Waals surface area contributed by atoms with Crippen molar-refractivity contribution in [2.75, 3.05) is 6.61 Å². The Morgan fingerprint density at radius 3 is 2.47 bits per heavy atom. The highest BCUT2D eigenvalue weighted by molar-refractivity contribution is 9.10. The van der Waals surface area contributed by atoms with Crippen LogP contribution in [0.3, 0.4) is 0 Å². The predicted octanol–water partition coefficient (Wildman–Crippen LogP) is 3.89. The minimum Gasteiger partial charge on any atom is -0.465 e. The van der Waals surface area contributed by atoms with Crippen LogP contribution in [0.4, 0.5) is 13.2 Å². The molecular formula is C13H12BrF3O2. The van der Waals surface area contributed by atoms with Crippen LogP contribution in [0.1, 0.15) is 30.4 Å². The van der Waals surface area contributed by atoms with Gasteiger partial charge in [0.25, 0.3) is 0 Å². The first-order chi connectivity index (χ1) is 8.79. The Hall–Kier alpha value is -1.04. The first-order valence-electron chi connectivity index (χ1n) is 5.82. The Labute approximate surface area is 117 Å². The number of esters is 1. The van der Waals surface area contributed by atoms with Gasteiger partial charge in [0.05, 0.1) is 12.2 Å². The molecule has 1 aliphatic carbocycles. The number of carbonyl (C=O) groups excluding carboxylic acids is 1. The smallest absolute Gasteiger partial charge is 0.416 e. The summed E-state index contributed by atoms with van der Waals surface area (Å²) in [5.41, 5.74) is 0.0196. The van der Waals surface area contributed by atoms with Crippen LogP contribution in [-0.4, -0.2) is 16.9 Å². The summed E-state index contributed by atoms with van der Waals surface area (Å²) in [6.45, 7) is 2.00. The summed E-state index contributed by atoms with van der Waals surface area (Å²) in [6.07, 6.45) is -3.80. The summed E-state index contributed by atoms with van der Waals surface area (Å²) in [4.78, 5) is 11.7. The van der Waals surface area contributed by atoms with Gasteiger partial charge in [-0.3, -0.25) is 4.79 Å². The van der Waals surface area contributed by atoms with Crippen molar-refractivity contribution in [3.8, 4) is 0 Å². The Balaban J connectivity index is 2.12. The van der Waals surface area contributed by atoms with E-state index in [2.05, 4.69) is 15.9 Å². The second-order valence-electron chi connectivity index (χ2n) is 4.46. The third kappa shape index (κ3) is 2.78. The molecule has 0 saturated heterocycles. The molecule has 1 saturated carbocycles. The molecule has 0 unspecified atom stereocenters. The fourth-order valence-electron chi connectivity index (χ4n) is 2.00. The van der Waals surface area contributed by atoms with Crippen molar-refractivity contribution in [2.45, 2.75) is 29.8 Å². The van der Waals surface area contributed by atoms with Gasteiger partial charge in [0, 0.05) is 5.92 Å². The van der Waals surface area contributed by atoms with Gasteiger partial charge in [-0.15, -0.1) is 0 Å². The van der Waals surface area contributed by atoms with Crippen molar-refractivity contribution >= 4 is 21.9 Å². The third-order valence-electron chi connectivity index (χ3n) is 3.15. The monoisotopic (exact) mass is 336 g/mol. The Morgan fingerprint density at radius 2 is 2.00 bits per heavy atom. The van der Waals surface area contributed by atoms with Gasteiger partial charge in [0.2, 0.25) is 0 Å². The van der Waals surface area contributed by atoms with E-state index in [9.17, 15) is 18.0 Å². The van der Waals surface area contributed by atoms with Crippen molar-refractivity contribution in [3.63, 3.8) is 0 Å². The lowest BCUT2D eigenvalue weighted by Gasteiger charge is -2.10. The van der Waals surface area contributed by atoms with Crippen molar-refractivity contribution in [3.05, 3.63) is 35.4 Å². The maximum atomic E-state index is 12.4. The fourth-order valence-corrected chi connectivity index (χ4v) is 2.70. The normalized spacial score (nSPS) is 26.1. The van der Waals surface area contributed by atoms with E-state index in [1.807, 2.05) is 0 Å². The number of ether oxygens (including phenoxy) is 1. The van der Waals surface area contributed by atoms with E-state index < -0.39 is 16.1 Å². The SMILES string of the molecule is CCOC(=O)[C@]1(Br)C[C@@H]1c1ccc(C(F)(F)F)cc1. The molecule has 2 nitrogen and oxygen atoms in total. The van der Waals surface area contributed by atoms with Gasteiger partial charge in [-0.2, -0.15) is 13.2 Å². The number of rotatable bonds is 3. The Bertz CT molecular complexity index is 484. The lowest BCUT2D eigenvalue weighted by Crippen LogP contribution is -2.20. The first kappa shape index (κ1) is 14.4. The second-order valence-corrected chi connectivity index (χ2v) is 5.87. The van der Waals surface area contributed by atoms with E-state index in [-0.39, 0.29) is 18.5 Å². The third-order valence-corrected chi connectivity index (χ3v) is 4.35. The van der Waals surface area contributed by atoms with Gasteiger partial charge in [-0.25, -0.2) is 0 Å². The van der Waals surface area contributed by atoms with E-state index in [1.165, 1.54) is 12.1 Å². The van der Waals surface area contributed by atoms with Gasteiger partial charge in [-0.1, -0.05) is 28.1 Å². The van der Waals surface area contributed by atoms with E-state index in [0.29, 0.717) is 12.0 Å². The molecule has 6 heteroatoms. The molecule has 0 aliphatic heterocycles. The Morgan fingerprint density at radius 1 is 1.42 bits per heavy atom. The molecule has 1 aliphatic rings. The summed E-state index contributed by atoms with van der Waals surface area (Å²) < 4.78 is 41.5. The minimum absolute atomic E-state index is 0.131. The summed E-state index contributed by atoms with van der Waals surface area (Å²) in [5, 5.41) is 0. The summed E-state index contributed by atoms with van der Waals surface area (Å²) in [7, 11) is 0. The predicted molar refractivity (Wildman–Crippen MR) is 67.1 cm³/mol. The van der Waals surface area contributed by atoms with Gasteiger partial charge in [0.1, 0.15) is 4.32 Å². The topological polar surface area (TPSA) is 26.3 Å². The van der Waals surface area contributed by atoms with Crippen LogP contribution in [-0.2, 0) is 15.7 Å². The maximum Gasteiger partial charge on any atom is 0.416 e. The molecule has 19 heavy (non-hydrogen) atoms. The molecular weight excluding hydrogens is 325 g/mol. The van der Waals surface area contributed by atoms with Crippen LogP contribution in [0, 0.1) is 0 Å². The highest BCUT2D eigenvalue weighted by atomic mass is 79.9. The van der Waals surface area contributed by atoms with Gasteiger partial charge < -0.3 is 4.74 Å². The van der Waals surface area contributed by atoms with Gasteiger partial charge >= 0.3 is 12.1 Å². The van der Waals surface area contributed by atoms with E-state index in [1.54, 1.807) is 6.92 Å². The molecule has 0 N–H and O–H groups in total. The molecule has 104 valence electrons. The molecule has 0 heterocycles. The fraction of sp³-hybridized carbons (Fsp3) is 0.462. The minimum atomic E-state index is -4.34.